The molecule has 6 nitrogen and oxygen atoms in total. The number of alkyl halides is 1. The Balaban J connectivity index is 2.99. The van der Waals surface area contributed by atoms with Gasteiger partial charge in [0.15, 0.2) is 0 Å². The van der Waals surface area contributed by atoms with Crippen LogP contribution in [0.25, 0.3) is 0 Å². The fourth-order valence-electron chi connectivity index (χ4n) is 1.25. The molecule has 0 rings (SSSR count). The van der Waals surface area contributed by atoms with E-state index < -0.39 is 5.97 Å². The highest BCUT2D eigenvalue weighted by molar-refractivity contribution is 9.09. The molecule has 7 heteroatoms. The molecule has 0 aliphatic carbocycles. The van der Waals surface area contributed by atoms with Crippen molar-refractivity contribution in [2.45, 2.75) is 6.42 Å². The van der Waals surface area contributed by atoms with Crippen molar-refractivity contribution in [3.05, 3.63) is 12.2 Å². The first-order chi connectivity index (χ1) is 9.77. The normalized spacial score (nSPS) is 11.2. The van der Waals surface area contributed by atoms with Gasteiger partial charge in [0.2, 0.25) is 0 Å². The van der Waals surface area contributed by atoms with Crippen LogP contribution in [0.1, 0.15) is 6.42 Å². The van der Waals surface area contributed by atoms with E-state index in [-0.39, 0.29) is 13.0 Å². The summed E-state index contributed by atoms with van der Waals surface area (Å²) in [6, 6.07) is 0. The van der Waals surface area contributed by atoms with Crippen LogP contribution >= 0.6 is 15.9 Å². The maximum Gasteiger partial charge on any atom is 0.305 e. The molecular weight excluding hydrogens is 328 g/mol. The summed E-state index contributed by atoms with van der Waals surface area (Å²) >= 11 is 3.31. The first-order valence-corrected chi connectivity index (χ1v) is 7.89. The van der Waals surface area contributed by atoms with Gasteiger partial charge in [0.1, 0.15) is 0 Å². The molecular formula is C13H25BrN2O4. The number of carboxylic acids is 1. The van der Waals surface area contributed by atoms with Gasteiger partial charge in [0.05, 0.1) is 32.8 Å². The van der Waals surface area contributed by atoms with Crippen LogP contribution in [0.2, 0.25) is 0 Å². The summed E-state index contributed by atoms with van der Waals surface area (Å²) in [5, 5.41) is 15.7. The number of carboxylic acid groups (broad SMARTS) is 1. The largest absolute Gasteiger partial charge is 0.481 e. The van der Waals surface area contributed by atoms with E-state index in [0.717, 1.165) is 25.0 Å². The SMILES string of the molecule is O=C(O)CCOCCNCCOCCNC/C=C/CBr. The first-order valence-electron chi connectivity index (χ1n) is 6.77. The highest BCUT2D eigenvalue weighted by Crippen LogP contribution is 1.82. The van der Waals surface area contributed by atoms with E-state index in [1.165, 1.54) is 0 Å². The summed E-state index contributed by atoms with van der Waals surface area (Å²) in [5.41, 5.74) is 0. The predicted molar refractivity (Wildman–Crippen MR) is 82.6 cm³/mol. The van der Waals surface area contributed by atoms with Crippen molar-refractivity contribution in [2.24, 2.45) is 0 Å². The molecule has 0 aliphatic heterocycles. The topological polar surface area (TPSA) is 79.8 Å². The third kappa shape index (κ3) is 17.5. The average molecular weight is 353 g/mol. The first kappa shape index (κ1) is 19.5. The molecule has 20 heavy (non-hydrogen) atoms. The van der Waals surface area contributed by atoms with Crippen molar-refractivity contribution < 1.29 is 19.4 Å². The van der Waals surface area contributed by atoms with Gasteiger partial charge in [-0.3, -0.25) is 4.79 Å². The van der Waals surface area contributed by atoms with Crippen LogP contribution in [0.4, 0.5) is 0 Å². The highest BCUT2D eigenvalue weighted by atomic mass is 79.9. The maximum absolute atomic E-state index is 10.2. The number of allylic oxidation sites excluding steroid dienone is 1. The number of hydrogen-bond acceptors (Lipinski definition) is 5. The van der Waals surface area contributed by atoms with Gasteiger partial charge in [-0.2, -0.15) is 0 Å². The molecule has 0 spiro atoms. The Hall–Kier alpha value is -0.470. The van der Waals surface area contributed by atoms with Gasteiger partial charge in [0.25, 0.3) is 0 Å². The minimum atomic E-state index is -0.831. The molecule has 3 N–H and O–H groups in total. The van der Waals surface area contributed by atoms with Gasteiger partial charge in [-0.05, 0) is 0 Å². The minimum Gasteiger partial charge on any atom is -0.481 e. The summed E-state index contributed by atoms with van der Waals surface area (Å²) in [6.07, 6.45) is 4.18. The molecule has 0 aromatic rings. The second-order valence-corrected chi connectivity index (χ2v) is 4.60. The summed E-state index contributed by atoms with van der Waals surface area (Å²) in [4.78, 5) is 10.2. The molecule has 0 saturated carbocycles. The van der Waals surface area contributed by atoms with Crippen LogP contribution in [-0.2, 0) is 14.3 Å². The van der Waals surface area contributed by atoms with Crippen molar-refractivity contribution in [3.8, 4) is 0 Å². The number of hydrogen-bond donors (Lipinski definition) is 3. The van der Waals surface area contributed by atoms with Crippen LogP contribution in [-0.4, -0.2) is 69.0 Å². The van der Waals surface area contributed by atoms with Gasteiger partial charge in [0, 0.05) is 31.5 Å². The van der Waals surface area contributed by atoms with Gasteiger partial charge in [-0.1, -0.05) is 28.1 Å². The molecule has 0 radical (unpaired) electrons. The number of rotatable bonds is 15. The number of carbonyl (C=O) groups is 1. The van der Waals surface area contributed by atoms with Gasteiger partial charge < -0.3 is 25.2 Å². The fourth-order valence-corrected chi connectivity index (χ4v) is 1.52. The molecule has 118 valence electrons. The summed E-state index contributed by atoms with van der Waals surface area (Å²) < 4.78 is 10.6. The van der Waals surface area contributed by atoms with Crippen LogP contribution in [0, 0.1) is 0 Å². The van der Waals surface area contributed by atoms with E-state index in [2.05, 4.69) is 38.7 Å². The molecule has 0 aliphatic rings. The highest BCUT2D eigenvalue weighted by Gasteiger charge is 1.95. The Bertz CT molecular complexity index is 253. The molecule has 0 aromatic carbocycles. The van der Waals surface area contributed by atoms with Crippen molar-refractivity contribution in [1.29, 1.82) is 0 Å². The molecule has 0 fully saturated rings. The van der Waals surface area contributed by atoms with E-state index in [1.54, 1.807) is 0 Å². The smallest absolute Gasteiger partial charge is 0.305 e. The van der Waals surface area contributed by atoms with Crippen molar-refractivity contribution in [3.63, 3.8) is 0 Å². The summed E-state index contributed by atoms with van der Waals surface area (Å²) in [5.74, 6) is -0.831. The summed E-state index contributed by atoms with van der Waals surface area (Å²) in [6.45, 7) is 5.32. The molecule has 0 amide bonds. The van der Waals surface area contributed by atoms with E-state index in [9.17, 15) is 4.79 Å². The lowest BCUT2D eigenvalue weighted by atomic mass is 10.5. The molecule has 0 bridgehead atoms. The minimum absolute atomic E-state index is 0.0565. The van der Waals surface area contributed by atoms with Gasteiger partial charge in [-0.25, -0.2) is 0 Å². The van der Waals surface area contributed by atoms with E-state index in [4.69, 9.17) is 14.6 Å². The predicted octanol–water partition coefficient (Wildman–Crippen LogP) is 0.625. The Morgan fingerprint density at radius 3 is 2.20 bits per heavy atom. The molecule has 0 unspecified atom stereocenters. The van der Waals surface area contributed by atoms with Crippen molar-refractivity contribution >= 4 is 21.9 Å². The number of nitrogens with one attached hydrogen (secondary N) is 2. The Kier molecular flexibility index (Phi) is 16.2. The molecule has 0 aromatic heterocycles. The maximum atomic E-state index is 10.2. The molecule has 0 heterocycles. The quantitative estimate of drug-likeness (QED) is 0.228. The Morgan fingerprint density at radius 2 is 1.60 bits per heavy atom. The Labute approximate surface area is 129 Å². The lowest BCUT2D eigenvalue weighted by Crippen LogP contribution is -2.26. The lowest BCUT2D eigenvalue weighted by Gasteiger charge is -2.07. The molecule has 0 saturated heterocycles. The number of halogens is 1. The van der Waals surface area contributed by atoms with Gasteiger partial charge in [-0.15, -0.1) is 0 Å². The lowest BCUT2D eigenvalue weighted by molar-refractivity contribution is -0.138. The second-order valence-electron chi connectivity index (χ2n) is 3.95. The average Bonchev–Trinajstić information content (AvgIpc) is 2.43. The third-order valence-corrected chi connectivity index (χ3v) is 2.62. The fraction of sp³-hybridized carbons (Fsp3) is 0.769. The van der Waals surface area contributed by atoms with E-state index in [0.29, 0.717) is 26.4 Å². The zero-order valence-corrected chi connectivity index (χ0v) is 13.4. The summed E-state index contributed by atoms with van der Waals surface area (Å²) in [7, 11) is 0. The zero-order chi connectivity index (χ0) is 14.9. The zero-order valence-electron chi connectivity index (χ0n) is 11.8. The van der Waals surface area contributed by atoms with Gasteiger partial charge >= 0.3 is 5.97 Å². The van der Waals surface area contributed by atoms with Crippen molar-refractivity contribution in [2.75, 3.05) is 57.9 Å². The molecule has 0 atom stereocenters. The standard InChI is InChI=1S/C13H25BrN2O4/c14-4-1-2-5-15-6-11-20-12-8-16-7-10-19-9-3-13(17)18/h1-2,15-16H,3-12H2,(H,17,18)/b2-1+. The van der Waals surface area contributed by atoms with E-state index >= 15 is 0 Å². The van der Waals surface area contributed by atoms with Crippen LogP contribution < -0.4 is 10.6 Å². The third-order valence-electron chi connectivity index (χ3n) is 2.25. The Morgan fingerprint density at radius 1 is 1.00 bits per heavy atom. The van der Waals surface area contributed by atoms with Crippen LogP contribution in [0.15, 0.2) is 12.2 Å². The van der Waals surface area contributed by atoms with Crippen molar-refractivity contribution in [1.82, 2.24) is 10.6 Å². The van der Waals surface area contributed by atoms with Crippen LogP contribution in [0.5, 0.6) is 0 Å². The monoisotopic (exact) mass is 352 g/mol. The van der Waals surface area contributed by atoms with E-state index in [1.807, 2.05) is 0 Å². The number of ether oxygens (including phenoxy) is 2. The second kappa shape index (κ2) is 16.6. The number of aliphatic carboxylic acids is 1. The van der Waals surface area contributed by atoms with Crippen LogP contribution in [0.3, 0.4) is 0 Å².